The molecule has 0 unspecified atom stereocenters. The lowest BCUT2D eigenvalue weighted by molar-refractivity contribution is -0.140. The number of carbonyl (C=O) groups excluding carboxylic acids is 2. The van der Waals surface area contributed by atoms with Crippen molar-refractivity contribution in [2.24, 2.45) is 40.6 Å². The van der Waals surface area contributed by atoms with Gasteiger partial charge in [-0.15, -0.1) is 0 Å². The van der Waals surface area contributed by atoms with Crippen molar-refractivity contribution < 1.29 is 9.59 Å². The van der Waals surface area contributed by atoms with Crippen LogP contribution in [0, 0.1) is 49.4 Å². The van der Waals surface area contributed by atoms with Gasteiger partial charge in [-0.1, -0.05) is 35.4 Å². The van der Waals surface area contributed by atoms with E-state index in [0.29, 0.717) is 21.9 Å². The standard InChI is InChI=1S/C24H21Cl2N3O2/c1-11-7-13(12(2)28(11)14-3-6-19(25)20(26)8-14)10-27-29-23(30)21-15-4-5-16(18-9-17(15)18)22(21)24(29)31/h3-8,10,15-18,21-22H,9H2,1-2H3/b27-10-/t15-,16-,17-,18-,21+,22+/m0/s1. The first-order chi connectivity index (χ1) is 14.9. The van der Waals surface area contributed by atoms with Gasteiger partial charge in [0.15, 0.2) is 0 Å². The van der Waals surface area contributed by atoms with Gasteiger partial charge in [-0.05, 0) is 68.2 Å². The summed E-state index contributed by atoms with van der Waals surface area (Å²) in [4.78, 5) is 26.2. The molecule has 5 aliphatic rings. The Morgan fingerprint density at radius 2 is 1.61 bits per heavy atom. The Hall–Kier alpha value is -2.37. The van der Waals surface area contributed by atoms with Crippen LogP contribution in [0.2, 0.25) is 10.0 Å². The maximum atomic E-state index is 13.1. The molecule has 1 aromatic heterocycles. The Morgan fingerprint density at radius 1 is 0.968 bits per heavy atom. The summed E-state index contributed by atoms with van der Waals surface area (Å²) in [6.07, 6.45) is 7.12. The van der Waals surface area contributed by atoms with Gasteiger partial charge in [-0.3, -0.25) is 9.59 Å². The average molecular weight is 454 g/mol. The predicted octanol–water partition coefficient (Wildman–Crippen LogP) is 4.79. The normalized spacial score (nSPS) is 32.8. The van der Waals surface area contributed by atoms with Gasteiger partial charge in [0.05, 0.1) is 28.1 Å². The fourth-order valence-electron chi connectivity index (χ4n) is 6.11. The molecule has 1 aliphatic heterocycles. The summed E-state index contributed by atoms with van der Waals surface area (Å²) in [6.45, 7) is 3.96. The van der Waals surface area contributed by atoms with Crippen molar-refractivity contribution >= 4 is 41.2 Å². The van der Waals surface area contributed by atoms with Crippen molar-refractivity contribution in [2.45, 2.75) is 20.3 Å². The second-order valence-electron chi connectivity index (χ2n) is 9.15. The number of halogens is 2. The molecule has 7 rings (SSSR count). The monoisotopic (exact) mass is 453 g/mol. The number of hydrazone groups is 1. The molecule has 0 N–H and O–H groups in total. The fraction of sp³-hybridized carbons (Fsp3) is 0.375. The lowest BCUT2D eigenvalue weighted by Crippen LogP contribution is -2.40. The van der Waals surface area contributed by atoms with E-state index in [9.17, 15) is 9.59 Å². The molecule has 7 heteroatoms. The molecular formula is C24H21Cl2N3O2. The lowest BCUT2D eigenvalue weighted by atomic mass is 9.63. The van der Waals surface area contributed by atoms with Crippen LogP contribution in [0.15, 0.2) is 41.5 Å². The third kappa shape index (κ3) is 2.66. The fourth-order valence-corrected chi connectivity index (χ4v) is 6.41. The van der Waals surface area contributed by atoms with Crippen LogP contribution < -0.4 is 0 Å². The van der Waals surface area contributed by atoms with Crippen molar-refractivity contribution in [3.8, 4) is 5.69 Å². The highest BCUT2D eigenvalue weighted by molar-refractivity contribution is 6.42. The Balaban J connectivity index is 1.30. The number of aryl methyl sites for hydroxylation is 1. The van der Waals surface area contributed by atoms with Gasteiger partial charge in [0.1, 0.15) is 0 Å². The molecule has 1 saturated heterocycles. The molecule has 1 aromatic carbocycles. The summed E-state index contributed by atoms with van der Waals surface area (Å²) in [5, 5.41) is 6.49. The molecule has 158 valence electrons. The summed E-state index contributed by atoms with van der Waals surface area (Å²) in [7, 11) is 0. The summed E-state index contributed by atoms with van der Waals surface area (Å²) in [6, 6.07) is 7.47. The minimum atomic E-state index is -0.230. The zero-order valence-electron chi connectivity index (χ0n) is 17.1. The molecule has 2 aromatic rings. The number of hydrogen-bond donors (Lipinski definition) is 0. The second-order valence-corrected chi connectivity index (χ2v) is 9.96. The molecule has 0 radical (unpaired) electrons. The zero-order chi connectivity index (χ0) is 21.6. The van der Waals surface area contributed by atoms with Gasteiger partial charge in [0, 0.05) is 22.6 Å². The van der Waals surface area contributed by atoms with Crippen molar-refractivity contribution in [2.75, 3.05) is 0 Å². The van der Waals surface area contributed by atoms with Crippen molar-refractivity contribution in [3.05, 3.63) is 63.4 Å². The Kier molecular flexibility index (Phi) is 4.09. The van der Waals surface area contributed by atoms with Crippen molar-refractivity contribution in [3.63, 3.8) is 0 Å². The third-order valence-electron chi connectivity index (χ3n) is 7.58. The van der Waals surface area contributed by atoms with Crippen LogP contribution >= 0.6 is 23.2 Å². The quantitative estimate of drug-likeness (QED) is 0.381. The number of rotatable bonds is 3. The van der Waals surface area contributed by atoms with E-state index in [1.165, 1.54) is 0 Å². The Bertz CT molecular complexity index is 1180. The van der Waals surface area contributed by atoms with E-state index < -0.39 is 0 Å². The van der Waals surface area contributed by atoms with Crippen molar-refractivity contribution in [1.82, 2.24) is 9.58 Å². The van der Waals surface area contributed by atoms with E-state index in [0.717, 1.165) is 34.1 Å². The van der Waals surface area contributed by atoms with E-state index in [1.807, 2.05) is 32.0 Å². The molecule has 5 nitrogen and oxygen atoms in total. The molecule has 2 saturated carbocycles. The van der Waals surface area contributed by atoms with Crippen LogP contribution in [0.1, 0.15) is 23.4 Å². The average Bonchev–Trinajstić information content (AvgIpc) is 3.47. The number of aromatic nitrogens is 1. The van der Waals surface area contributed by atoms with Gasteiger partial charge in [-0.25, -0.2) is 0 Å². The smallest absolute Gasteiger partial charge is 0.254 e. The first kappa shape index (κ1) is 19.3. The summed E-state index contributed by atoms with van der Waals surface area (Å²) >= 11 is 12.3. The van der Waals surface area contributed by atoms with Gasteiger partial charge in [-0.2, -0.15) is 10.1 Å². The van der Waals surface area contributed by atoms with E-state index in [-0.39, 0.29) is 35.5 Å². The van der Waals surface area contributed by atoms with E-state index >= 15 is 0 Å². The van der Waals surface area contributed by atoms with Crippen LogP contribution in [0.5, 0.6) is 0 Å². The number of nitrogens with zero attached hydrogens (tertiary/aromatic N) is 3. The van der Waals surface area contributed by atoms with Crippen LogP contribution in [0.4, 0.5) is 0 Å². The summed E-state index contributed by atoms with van der Waals surface area (Å²) < 4.78 is 2.05. The molecule has 3 fully saturated rings. The van der Waals surface area contributed by atoms with Crippen LogP contribution in [-0.2, 0) is 9.59 Å². The van der Waals surface area contributed by atoms with Gasteiger partial charge in [0.2, 0.25) is 0 Å². The first-order valence-corrected chi connectivity index (χ1v) is 11.4. The minimum absolute atomic E-state index is 0.144. The molecular weight excluding hydrogens is 433 g/mol. The number of allylic oxidation sites excluding steroid dienone is 2. The molecule has 2 heterocycles. The van der Waals surface area contributed by atoms with Crippen LogP contribution in [0.3, 0.4) is 0 Å². The second kappa shape index (κ2) is 6.57. The lowest BCUT2D eigenvalue weighted by Gasteiger charge is -2.37. The molecule has 0 spiro atoms. The van der Waals surface area contributed by atoms with Gasteiger partial charge < -0.3 is 4.57 Å². The highest BCUT2D eigenvalue weighted by Crippen LogP contribution is 2.65. The summed E-state index contributed by atoms with van der Waals surface area (Å²) in [5.74, 6) is 0.833. The third-order valence-corrected chi connectivity index (χ3v) is 8.32. The largest absolute Gasteiger partial charge is 0.318 e. The molecule has 31 heavy (non-hydrogen) atoms. The zero-order valence-corrected chi connectivity index (χ0v) is 18.6. The minimum Gasteiger partial charge on any atom is -0.318 e. The van der Waals surface area contributed by atoms with E-state index in [4.69, 9.17) is 23.2 Å². The molecule has 2 bridgehead atoms. The number of imide groups is 1. The van der Waals surface area contributed by atoms with Gasteiger partial charge in [0.25, 0.3) is 11.8 Å². The van der Waals surface area contributed by atoms with E-state index in [2.05, 4.69) is 21.8 Å². The number of amides is 2. The highest BCUT2D eigenvalue weighted by Gasteiger charge is 2.67. The molecule has 4 aliphatic carbocycles. The topological polar surface area (TPSA) is 54.7 Å². The summed E-state index contributed by atoms with van der Waals surface area (Å²) in [5.41, 5.74) is 3.68. The van der Waals surface area contributed by atoms with Crippen molar-refractivity contribution in [1.29, 1.82) is 0 Å². The number of carbonyl (C=O) groups is 2. The number of benzene rings is 1. The Labute approximate surface area is 190 Å². The maximum Gasteiger partial charge on any atom is 0.254 e. The maximum absolute atomic E-state index is 13.1. The van der Waals surface area contributed by atoms with Gasteiger partial charge >= 0.3 is 0 Å². The van der Waals surface area contributed by atoms with Crippen LogP contribution in [-0.4, -0.2) is 27.6 Å². The molecule has 2 amide bonds. The van der Waals surface area contributed by atoms with E-state index in [1.54, 1.807) is 12.3 Å². The predicted molar refractivity (Wildman–Crippen MR) is 119 cm³/mol. The highest BCUT2D eigenvalue weighted by atomic mass is 35.5. The van der Waals surface area contributed by atoms with Crippen LogP contribution in [0.25, 0.3) is 5.69 Å². The SMILES string of the molecule is Cc1cc(/C=N\N2C(=O)[C@@H]3[C@H]4C=C[C@@H]([C@@H]5C[C@@H]45)[C@H]3C2=O)c(C)n1-c1ccc(Cl)c(Cl)c1. The molecule has 6 atom stereocenters. The first-order valence-electron chi connectivity index (χ1n) is 10.6. The Morgan fingerprint density at radius 3 is 2.23 bits per heavy atom. The number of hydrogen-bond acceptors (Lipinski definition) is 3.